The van der Waals surface area contributed by atoms with Crippen molar-refractivity contribution in [3.63, 3.8) is 0 Å². The van der Waals surface area contributed by atoms with Crippen LogP contribution in [0.3, 0.4) is 0 Å². The van der Waals surface area contributed by atoms with Gasteiger partial charge >= 0.3 is 0 Å². The second kappa shape index (κ2) is 7.83. The van der Waals surface area contributed by atoms with Gasteiger partial charge in [0.15, 0.2) is 0 Å². The van der Waals surface area contributed by atoms with Crippen LogP contribution in [0.15, 0.2) is 45.9 Å². The summed E-state index contributed by atoms with van der Waals surface area (Å²) in [6.07, 6.45) is 1.58. The van der Waals surface area contributed by atoms with Crippen LogP contribution in [0.2, 0.25) is 0 Å². The summed E-state index contributed by atoms with van der Waals surface area (Å²) in [4.78, 5) is 2.06. The Balaban J connectivity index is 2.23. The van der Waals surface area contributed by atoms with Crippen molar-refractivity contribution in [2.45, 2.75) is 24.8 Å². The zero-order valence-corrected chi connectivity index (χ0v) is 15.3. The summed E-state index contributed by atoms with van der Waals surface area (Å²) in [5.41, 5.74) is 0.856. The van der Waals surface area contributed by atoms with Gasteiger partial charge in [-0.1, -0.05) is 6.07 Å². The highest BCUT2D eigenvalue weighted by atomic mass is 32.2. The zero-order chi connectivity index (χ0) is 17.7. The highest BCUT2D eigenvalue weighted by Gasteiger charge is 2.24. The quantitative estimate of drug-likeness (QED) is 0.790. The molecule has 132 valence electrons. The minimum Gasteiger partial charge on any atom is -0.492 e. The lowest BCUT2D eigenvalue weighted by Crippen LogP contribution is -2.34. The molecule has 0 fully saturated rings. The Hall–Kier alpha value is -1.83. The van der Waals surface area contributed by atoms with Crippen LogP contribution >= 0.6 is 0 Å². The molecule has 1 N–H and O–H groups in total. The molecule has 6 nitrogen and oxygen atoms in total. The van der Waals surface area contributed by atoms with Gasteiger partial charge in [0.1, 0.15) is 16.4 Å². The van der Waals surface area contributed by atoms with Gasteiger partial charge in [-0.05, 0) is 57.8 Å². The van der Waals surface area contributed by atoms with Crippen molar-refractivity contribution in [3.8, 4) is 5.75 Å². The standard InChI is InChI=1S/C17H24N2O4S/c1-5-22-16-9-8-13(2)11-17(16)24(20,21)18-12-14(19(3)4)15-7-6-10-23-15/h6-11,14,18H,5,12H2,1-4H3. The Bertz CT molecular complexity index is 755. The number of furan rings is 1. The molecule has 2 aromatic rings. The number of sulfonamides is 1. The molecule has 0 aliphatic carbocycles. The van der Waals surface area contributed by atoms with Crippen LogP contribution in [0.1, 0.15) is 24.3 Å². The monoisotopic (exact) mass is 352 g/mol. The summed E-state index contributed by atoms with van der Waals surface area (Å²) < 4.78 is 39.0. The minimum absolute atomic E-state index is 0.154. The molecular weight excluding hydrogens is 328 g/mol. The summed E-state index contributed by atoms with van der Waals surface area (Å²) in [5.74, 6) is 1.06. The number of ether oxygens (including phenoxy) is 1. The zero-order valence-electron chi connectivity index (χ0n) is 14.4. The molecule has 1 unspecified atom stereocenters. The number of hydrogen-bond acceptors (Lipinski definition) is 5. The average Bonchev–Trinajstić information content (AvgIpc) is 3.03. The fourth-order valence-corrected chi connectivity index (χ4v) is 3.65. The van der Waals surface area contributed by atoms with Crippen LogP contribution in [0.4, 0.5) is 0 Å². The van der Waals surface area contributed by atoms with E-state index in [4.69, 9.17) is 9.15 Å². The average molecular weight is 352 g/mol. The molecule has 0 spiro atoms. The Morgan fingerprint density at radius 1 is 1.29 bits per heavy atom. The second-order valence-corrected chi connectivity index (χ2v) is 7.47. The first-order valence-corrected chi connectivity index (χ1v) is 9.26. The molecule has 1 aromatic carbocycles. The van der Waals surface area contributed by atoms with Gasteiger partial charge in [-0.3, -0.25) is 4.90 Å². The van der Waals surface area contributed by atoms with E-state index in [2.05, 4.69) is 4.72 Å². The Kier molecular flexibility index (Phi) is 6.04. The topological polar surface area (TPSA) is 71.8 Å². The van der Waals surface area contributed by atoms with Gasteiger partial charge in [-0.25, -0.2) is 13.1 Å². The number of hydrogen-bond donors (Lipinski definition) is 1. The molecule has 0 radical (unpaired) electrons. The van der Waals surface area contributed by atoms with E-state index < -0.39 is 10.0 Å². The maximum absolute atomic E-state index is 12.7. The molecule has 7 heteroatoms. The lowest BCUT2D eigenvalue weighted by atomic mass is 10.2. The van der Waals surface area contributed by atoms with Gasteiger partial charge in [0.05, 0.1) is 18.9 Å². The van der Waals surface area contributed by atoms with E-state index in [9.17, 15) is 8.42 Å². The highest BCUT2D eigenvalue weighted by Crippen LogP contribution is 2.26. The third-order valence-electron chi connectivity index (χ3n) is 3.65. The van der Waals surface area contributed by atoms with Crippen LogP contribution < -0.4 is 9.46 Å². The Labute approximate surface area is 143 Å². The third kappa shape index (κ3) is 4.37. The molecule has 0 saturated heterocycles. The van der Waals surface area contributed by atoms with Crippen LogP contribution in [0.5, 0.6) is 5.75 Å². The van der Waals surface area contributed by atoms with Gasteiger partial charge < -0.3 is 9.15 Å². The highest BCUT2D eigenvalue weighted by molar-refractivity contribution is 7.89. The molecule has 0 bridgehead atoms. The second-order valence-electron chi connectivity index (χ2n) is 5.73. The summed E-state index contributed by atoms with van der Waals surface area (Å²) in [5, 5.41) is 0. The summed E-state index contributed by atoms with van der Waals surface area (Å²) >= 11 is 0. The van der Waals surface area contributed by atoms with Gasteiger partial charge in [0.25, 0.3) is 0 Å². The predicted molar refractivity (Wildman–Crippen MR) is 92.7 cm³/mol. The Morgan fingerprint density at radius 2 is 2.04 bits per heavy atom. The van der Waals surface area contributed by atoms with Crippen molar-refractivity contribution in [2.24, 2.45) is 0 Å². The lowest BCUT2D eigenvalue weighted by molar-refractivity contribution is 0.259. The van der Waals surface area contributed by atoms with E-state index in [1.165, 1.54) is 0 Å². The molecule has 1 aromatic heterocycles. The van der Waals surface area contributed by atoms with E-state index >= 15 is 0 Å². The van der Waals surface area contributed by atoms with Crippen molar-refractivity contribution >= 4 is 10.0 Å². The first-order chi connectivity index (χ1) is 11.3. The normalized spacial score (nSPS) is 13.2. The molecule has 1 heterocycles. The first-order valence-electron chi connectivity index (χ1n) is 7.78. The number of rotatable bonds is 8. The third-order valence-corrected chi connectivity index (χ3v) is 5.10. The molecule has 0 aliphatic rings. The lowest BCUT2D eigenvalue weighted by Gasteiger charge is -2.23. The van der Waals surface area contributed by atoms with Crippen molar-refractivity contribution in [1.82, 2.24) is 9.62 Å². The summed E-state index contributed by atoms with van der Waals surface area (Å²) in [6.45, 7) is 4.27. The van der Waals surface area contributed by atoms with E-state index in [1.54, 1.807) is 24.5 Å². The maximum atomic E-state index is 12.7. The van der Waals surface area contributed by atoms with Gasteiger partial charge in [-0.2, -0.15) is 0 Å². The van der Waals surface area contributed by atoms with Crippen LogP contribution in [-0.4, -0.2) is 40.6 Å². The SMILES string of the molecule is CCOc1ccc(C)cc1S(=O)(=O)NCC(c1ccco1)N(C)C. The molecule has 1 atom stereocenters. The molecular formula is C17H24N2O4S. The van der Waals surface area contributed by atoms with Gasteiger partial charge in [0.2, 0.25) is 10.0 Å². The van der Waals surface area contributed by atoms with Crippen LogP contribution in [-0.2, 0) is 10.0 Å². The Morgan fingerprint density at radius 3 is 2.62 bits per heavy atom. The van der Waals surface area contributed by atoms with Crippen molar-refractivity contribution in [1.29, 1.82) is 0 Å². The van der Waals surface area contributed by atoms with E-state index in [1.807, 2.05) is 45.0 Å². The molecule has 0 aliphatic heterocycles. The number of likely N-dealkylation sites (N-methyl/N-ethyl adjacent to an activating group) is 1. The number of nitrogens with one attached hydrogen (secondary N) is 1. The summed E-state index contributed by atoms with van der Waals surface area (Å²) in [7, 11) is 0.0509. The molecule has 2 rings (SSSR count). The van der Waals surface area contributed by atoms with E-state index in [-0.39, 0.29) is 17.5 Å². The first kappa shape index (κ1) is 18.5. The smallest absolute Gasteiger partial charge is 0.244 e. The van der Waals surface area contributed by atoms with Crippen molar-refractivity contribution in [2.75, 3.05) is 27.2 Å². The summed E-state index contributed by atoms with van der Waals surface area (Å²) in [6, 6.07) is 8.55. The van der Waals surface area contributed by atoms with Gasteiger partial charge in [-0.15, -0.1) is 0 Å². The number of aryl methyl sites for hydroxylation is 1. The molecule has 24 heavy (non-hydrogen) atoms. The number of nitrogens with zero attached hydrogens (tertiary/aromatic N) is 1. The van der Waals surface area contributed by atoms with E-state index in [0.29, 0.717) is 18.1 Å². The molecule has 0 amide bonds. The minimum atomic E-state index is -3.70. The fraction of sp³-hybridized carbons (Fsp3) is 0.412. The van der Waals surface area contributed by atoms with Gasteiger partial charge in [0, 0.05) is 6.54 Å². The van der Waals surface area contributed by atoms with Crippen molar-refractivity contribution in [3.05, 3.63) is 47.9 Å². The van der Waals surface area contributed by atoms with Crippen LogP contribution in [0, 0.1) is 6.92 Å². The maximum Gasteiger partial charge on any atom is 0.244 e. The fourth-order valence-electron chi connectivity index (χ4n) is 2.38. The van der Waals surface area contributed by atoms with Crippen LogP contribution in [0.25, 0.3) is 0 Å². The molecule has 0 saturated carbocycles. The predicted octanol–water partition coefficient (Wildman–Crippen LogP) is 2.57. The number of benzene rings is 1. The van der Waals surface area contributed by atoms with E-state index in [0.717, 1.165) is 5.56 Å². The largest absolute Gasteiger partial charge is 0.492 e. The van der Waals surface area contributed by atoms with Crippen molar-refractivity contribution < 1.29 is 17.6 Å².